The van der Waals surface area contributed by atoms with Crippen LogP contribution in [0.4, 0.5) is 0 Å². The number of aryl methyl sites for hydroxylation is 1. The molecular formula is C14H19N3O3. The van der Waals surface area contributed by atoms with Crippen molar-refractivity contribution in [2.45, 2.75) is 33.2 Å². The zero-order valence-corrected chi connectivity index (χ0v) is 11.8. The van der Waals surface area contributed by atoms with Gasteiger partial charge in [-0.3, -0.25) is 14.3 Å². The molecule has 2 aliphatic rings. The standard InChI is InChI=1S/C14H19N3O3/c1-9-3-4-17-11(5-9)10(6-15-17)12(18)16-7-14(2,8-16)13(19)20/h6,9H,3-5,7-8H2,1-2H3,(H,19,20). The van der Waals surface area contributed by atoms with Gasteiger partial charge in [0.2, 0.25) is 0 Å². The Bertz CT molecular complexity index is 572. The summed E-state index contributed by atoms with van der Waals surface area (Å²) in [6.45, 7) is 5.27. The van der Waals surface area contributed by atoms with Crippen molar-refractivity contribution in [3.8, 4) is 0 Å². The van der Waals surface area contributed by atoms with Gasteiger partial charge in [-0.05, 0) is 25.7 Å². The first-order chi connectivity index (χ1) is 9.40. The molecule has 0 saturated carbocycles. The molecule has 6 nitrogen and oxygen atoms in total. The average molecular weight is 277 g/mol. The normalized spacial score (nSPS) is 23.9. The van der Waals surface area contributed by atoms with Crippen LogP contribution in [-0.4, -0.2) is 44.8 Å². The van der Waals surface area contributed by atoms with Crippen molar-refractivity contribution < 1.29 is 14.7 Å². The van der Waals surface area contributed by atoms with Crippen molar-refractivity contribution in [3.05, 3.63) is 17.5 Å². The summed E-state index contributed by atoms with van der Waals surface area (Å²) >= 11 is 0. The molecule has 108 valence electrons. The Balaban J connectivity index is 1.77. The van der Waals surface area contributed by atoms with E-state index in [2.05, 4.69) is 12.0 Å². The van der Waals surface area contributed by atoms with Crippen LogP contribution in [0.3, 0.4) is 0 Å². The molecule has 6 heteroatoms. The first kappa shape index (κ1) is 13.1. The molecule has 1 N–H and O–H groups in total. The van der Waals surface area contributed by atoms with Gasteiger partial charge in [0.25, 0.3) is 5.91 Å². The number of aliphatic carboxylic acids is 1. The van der Waals surface area contributed by atoms with Crippen LogP contribution in [0.5, 0.6) is 0 Å². The number of likely N-dealkylation sites (tertiary alicyclic amines) is 1. The highest BCUT2D eigenvalue weighted by atomic mass is 16.4. The quantitative estimate of drug-likeness (QED) is 0.875. The number of carboxylic acids is 1. The van der Waals surface area contributed by atoms with Crippen molar-refractivity contribution in [1.82, 2.24) is 14.7 Å². The number of hydrogen-bond donors (Lipinski definition) is 1. The predicted molar refractivity (Wildman–Crippen MR) is 71.4 cm³/mol. The Hall–Kier alpha value is -1.85. The van der Waals surface area contributed by atoms with Gasteiger partial charge in [0.1, 0.15) is 5.41 Å². The summed E-state index contributed by atoms with van der Waals surface area (Å²) in [7, 11) is 0. The molecule has 2 aliphatic heterocycles. The largest absolute Gasteiger partial charge is 0.481 e. The van der Waals surface area contributed by atoms with Crippen molar-refractivity contribution in [3.63, 3.8) is 0 Å². The lowest BCUT2D eigenvalue weighted by Crippen LogP contribution is -2.60. The van der Waals surface area contributed by atoms with E-state index in [9.17, 15) is 9.59 Å². The molecule has 0 aromatic carbocycles. The third-order valence-electron chi connectivity index (χ3n) is 4.44. The molecule has 3 rings (SSSR count). The maximum absolute atomic E-state index is 12.5. The molecule has 1 amide bonds. The van der Waals surface area contributed by atoms with Crippen molar-refractivity contribution in [2.24, 2.45) is 11.3 Å². The van der Waals surface area contributed by atoms with Gasteiger partial charge in [0.15, 0.2) is 0 Å². The summed E-state index contributed by atoms with van der Waals surface area (Å²) in [5.41, 5.74) is 0.845. The Labute approximate surface area is 117 Å². The van der Waals surface area contributed by atoms with Crippen LogP contribution < -0.4 is 0 Å². The van der Waals surface area contributed by atoms with E-state index in [0.29, 0.717) is 11.5 Å². The number of hydrogen-bond acceptors (Lipinski definition) is 3. The van der Waals surface area contributed by atoms with Gasteiger partial charge in [-0.2, -0.15) is 5.10 Å². The van der Waals surface area contributed by atoms with Gasteiger partial charge in [0, 0.05) is 19.6 Å². The molecular weight excluding hydrogens is 258 g/mol. The number of nitrogens with zero attached hydrogens (tertiary/aromatic N) is 3. The number of rotatable bonds is 2. The van der Waals surface area contributed by atoms with Crippen LogP contribution in [0.15, 0.2) is 6.20 Å². The zero-order valence-electron chi connectivity index (χ0n) is 11.8. The van der Waals surface area contributed by atoms with E-state index in [1.54, 1.807) is 18.0 Å². The lowest BCUT2D eigenvalue weighted by molar-refractivity contribution is -0.155. The van der Waals surface area contributed by atoms with Gasteiger partial charge in [-0.15, -0.1) is 0 Å². The summed E-state index contributed by atoms with van der Waals surface area (Å²) in [4.78, 5) is 25.1. The van der Waals surface area contributed by atoms with Crippen LogP contribution in [0, 0.1) is 11.3 Å². The molecule has 0 aliphatic carbocycles. The number of carbonyl (C=O) groups is 2. The van der Waals surface area contributed by atoms with Crippen LogP contribution in [0.25, 0.3) is 0 Å². The van der Waals surface area contributed by atoms with E-state index in [0.717, 1.165) is 25.1 Å². The van der Waals surface area contributed by atoms with Crippen LogP contribution in [0.2, 0.25) is 0 Å². The molecule has 1 atom stereocenters. The SMILES string of the molecule is CC1CCn2ncc(C(=O)N3CC(C)(C(=O)O)C3)c2C1. The van der Waals surface area contributed by atoms with E-state index < -0.39 is 11.4 Å². The Kier molecular flexibility index (Phi) is 2.84. The van der Waals surface area contributed by atoms with E-state index in [-0.39, 0.29) is 19.0 Å². The number of carbonyl (C=O) groups excluding carboxylic acids is 1. The van der Waals surface area contributed by atoms with Gasteiger partial charge >= 0.3 is 5.97 Å². The minimum Gasteiger partial charge on any atom is -0.481 e. The monoisotopic (exact) mass is 277 g/mol. The second kappa shape index (κ2) is 4.33. The molecule has 1 unspecified atom stereocenters. The summed E-state index contributed by atoms with van der Waals surface area (Å²) in [5.74, 6) is -0.363. The molecule has 0 bridgehead atoms. The second-order valence-corrected chi connectivity index (χ2v) is 6.35. The van der Waals surface area contributed by atoms with Crippen LogP contribution in [0.1, 0.15) is 36.3 Å². The maximum Gasteiger partial charge on any atom is 0.312 e. The molecule has 1 saturated heterocycles. The van der Waals surface area contributed by atoms with E-state index in [4.69, 9.17) is 5.11 Å². The third kappa shape index (κ3) is 1.90. The smallest absolute Gasteiger partial charge is 0.312 e. The van der Waals surface area contributed by atoms with Crippen LogP contribution >= 0.6 is 0 Å². The van der Waals surface area contributed by atoms with Gasteiger partial charge in [-0.25, -0.2) is 0 Å². The minimum atomic E-state index is -0.841. The second-order valence-electron chi connectivity index (χ2n) is 6.35. The fourth-order valence-electron chi connectivity index (χ4n) is 3.02. The summed E-state index contributed by atoms with van der Waals surface area (Å²) in [6, 6.07) is 0. The van der Waals surface area contributed by atoms with Crippen molar-refractivity contribution in [2.75, 3.05) is 13.1 Å². The zero-order chi connectivity index (χ0) is 14.5. The van der Waals surface area contributed by atoms with E-state index in [1.807, 2.05) is 4.68 Å². The minimum absolute atomic E-state index is 0.0842. The van der Waals surface area contributed by atoms with Gasteiger partial charge in [0.05, 0.1) is 17.5 Å². The highest BCUT2D eigenvalue weighted by molar-refractivity contribution is 5.97. The fraction of sp³-hybridized carbons (Fsp3) is 0.643. The first-order valence-electron chi connectivity index (χ1n) is 6.98. The highest BCUT2D eigenvalue weighted by Gasteiger charge is 2.48. The fourth-order valence-corrected chi connectivity index (χ4v) is 3.02. The maximum atomic E-state index is 12.5. The Morgan fingerprint density at radius 3 is 2.80 bits per heavy atom. The number of amides is 1. The Morgan fingerprint density at radius 1 is 1.45 bits per heavy atom. The average Bonchev–Trinajstić information content (AvgIpc) is 2.76. The summed E-state index contributed by atoms with van der Waals surface area (Å²) < 4.78 is 1.91. The summed E-state index contributed by atoms with van der Waals surface area (Å²) in [5, 5.41) is 13.4. The van der Waals surface area contributed by atoms with Gasteiger partial charge < -0.3 is 10.0 Å². The molecule has 1 aromatic rings. The first-order valence-corrected chi connectivity index (χ1v) is 6.98. The molecule has 1 fully saturated rings. The Morgan fingerprint density at radius 2 is 2.15 bits per heavy atom. The molecule has 3 heterocycles. The lowest BCUT2D eigenvalue weighted by atomic mass is 9.81. The molecule has 0 spiro atoms. The lowest BCUT2D eigenvalue weighted by Gasteiger charge is -2.44. The number of aromatic nitrogens is 2. The molecule has 0 radical (unpaired) electrons. The summed E-state index contributed by atoms with van der Waals surface area (Å²) in [6.07, 6.45) is 3.58. The van der Waals surface area contributed by atoms with Crippen LogP contribution in [-0.2, 0) is 17.8 Å². The predicted octanol–water partition coefficient (Wildman–Crippen LogP) is 1.01. The van der Waals surface area contributed by atoms with Crippen molar-refractivity contribution in [1.29, 1.82) is 0 Å². The molecule has 1 aromatic heterocycles. The number of carboxylic acid groups (broad SMARTS) is 1. The third-order valence-corrected chi connectivity index (χ3v) is 4.44. The topological polar surface area (TPSA) is 75.4 Å². The van der Waals surface area contributed by atoms with E-state index in [1.165, 1.54) is 0 Å². The van der Waals surface area contributed by atoms with Crippen molar-refractivity contribution >= 4 is 11.9 Å². The molecule has 20 heavy (non-hydrogen) atoms. The van der Waals surface area contributed by atoms with E-state index >= 15 is 0 Å². The highest BCUT2D eigenvalue weighted by Crippen LogP contribution is 2.32. The number of fused-ring (bicyclic) bond motifs is 1. The van der Waals surface area contributed by atoms with Gasteiger partial charge in [-0.1, -0.05) is 6.92 Å².